The van der Waals surface area contributed by atoms with Crippen molar-refractivity contribution in [2.75, 3.05) is 0 Å². The van der Waals surface area contributed by atoms with Gasteiger partial charge in [-0.15, -0.1) is 0 Å². The fourth-order valence-electron chi connectivity index (χ4n) is 0.258. The maximum absolute atomic E-state index is 10.2. The van der Waals surface area contributed by atoms with Gasteiger partial charge in [0, 0.05) is 0 Å². The summed E-state index contributed by atoms with van der Waals surface area (Å²) in [4.78, 5) is 20.4. The number of halogens is 3. The maximum atomic E-state index is 10.2. The molecule has 4 nitrogen and oxygen atoms in total. The van der Waals surface area contributed by atoms with E-state index in [1.54, 1.807) is 0 Å². The van der Waals surface area contributed by atoms with Gasteiger partial charge in [-0.05, 0) is 23.2 Å². The average molecular weight is 221 g/mol. The molecule has 0 saturated carbocycles. The highest BCUT2D eigenvalue weighted by molar-refractivity contribution is 6.72. The first-order valence-corrected chi connectivity index (χ1v) is 3.42. The number of carbonyl (C=O) groups is 2. The molecule has 2 N–H and O–H groups in total. The Bertz CT molecular complexity index is 190. The summed E-state index contributed by atoms with van der Waals surface area (Å²) >= 11 is 14.4. The third-order valence-corrected chi connectivity index (χ3v) is 1.82. The second-order valence-corrected chi connectivity index (χ2v) is 2.95. The van der Waals surface area contributed by atoms with Gasteiger partial charge in [0.25, 0.3) is 10.5 Å². The highest BCUT2D eigenvalue weighted by atomic mass is 35.5. The van der Waals surface area contributed by atoms with Crippen LogP contribution in [-0.2, 0) is 9.59 Å². The molecule has 0 spiro atoms. The van der Waals surface area contributed by atoms with Crippen LogP contribution >= 0.6 is 34.8 Å². The van der Waals surface area contributed by atoms with Gasteiger partial charge in [0.2, 0.25) is 5.06 Å². The quantitative estimate of drug-likeness (QED) is 0.511. The summed E-state index contributed by atoms with van der Waals surface area (Å²) in [5.74, 6) is 0. The molecule has 0 aromatic rings. The van der Waals surface area contributed by atoms with E-state index >= 15 is 0 Å². The zero-order valence-electron chi connectivity index (χ0n) is 4.92. The fraction of sp³-hybridized carbons (Fsp3) is 0.500. The van der Waals surface area contributed by atoms with Crippen LogP contribution in [0.3, 0.4) is 0 Å². The van der Waals surface area contributed by atoms with E-state index in [1.165, 1.54) is 0 Å². The van der Waals surface area contributed by atoms with Crippen molar-refractivity contribution in [2.45, 2.75) is 11.2 Å². The van der Waals surface area contributed by atoms with Crippen LogP contribution in [0.4, 0.5) is 0 Å². The monoisotopic (exact) mass is 220 g/mol. The number of aliphatic hydroxyl groups excluding tert-OH is 1. The van der Waals surface area contributed by atoms with Crippen molar-refractivity contribution in [2.24, 2.45) is 0 Å². The summed E-state index contributed by atoms with van der Waals surface area (Å²) < 4.78 is 0. The Morgan fingerprint density at radius 3 is 1.82 bits per heavy atom. The van der Waals surface area contributed by atoms with Gasteiger partial charge < -0.3 is 10.2 Å². The summed E-state index contributed by atoms with van der Waals surface area (Å²) in [5.41, 5.74) is 0. The lowest BCUT2D eigenvalue weighted by molar-refractivity contribution is -0.138. The first-order chi connectivity index (χ1) is 4.80. The molecule has 11 heavy (non-hydrogen) atoms. The predicted molar refractivity (Wildman–Crippen MR) is 38.5 cm³/mol. The van der Waals surface area contributed by atoms with Crippen LogP contribution in [0.2, 0.25) is 0 Å². The SMILES string of the molecule is O=C(Cl)C(O)C(O)(Cl)C(=O)Cl. The molecule has 64 valence electrons. The molecule has 7 heteroatoms. The van der Waals surface area contributed by atoms with Crippen LogP contribution in [0.5, 0.6) is 0 Å². The topological polar surface area (TPSA) is 74.6 Å². The molecule has 0 saturated heterocycles. The molecular weight excluding hydrogens is 218 g/mol. The molecule has 0 aromatic carbocycles. The first kappa shape index (κ1) is 11.1. The lowest BCUT2D eigenvalue weighted by atomic mass is 10.2. The predicted octanol–water partition coefficient (Wildman–Crippen LogP) is -0.194. The van der Waals surface area contributed by atoms with Crippen molar-refractivity contribution < 1.29 is 19.8 Å². The van der Waals surface area contributed by atoms with E-state index in [-0.39, 0.29) is 0 Å². The second kappa shape index (κ2) is 3.69. The number of rotatable bonds is 3. The van der Waals surface area contributed by atoms with Crippen LogP contribution in [0.25, 0.3) is 0 Å². The summed E-state index contributed by atoms with van der Waals surface area (Å²) in [6, 6.07) is 0. The Kier molecular flexibility index (Phi) is 3.73. The van der Waals surface area contributed by atoms with Crippen LogP contribution in [0.15, 0.2) is 0 Å². The minimum absolute atomic E-state index is 1.36. The van der Waals surface area contributed by atoms with E-state index in [0.29, 0.717) is 0 Å². The molecule has 0 aliphatic carbocycles. The number of aliphatic hydroxyl groups is 2. The number of hydrogen-bond acceptors (Lipinski definition) is 4. The van der Waals surface area contributed by atoms with E-state index in [4.69, 9.17) is 45.0 Å². The molecule has 2 unspecified atom stereocenters. The van der Waals surface area contributed by atoms with Gasteiger partial charge in [0.05, 0.1) is 0 Å². The summed E-state index contributed by atoms with van der Waals surface area (Å²) in [6.07, 6.45) is -2.23. The van der Waals surface area contributed by atoms with E-state index in [0.717, 1.165) is 0 Å². The van der Waals surface area contributed by atoms with Crippen LogP contribution < -0.4 is 0 Å². The van der Waals surface area contributed by atoms with Crippen molar-refractivity contribution in [1.82, 2.24) is 0 Å². The van der Waals surface area contributed by atoms with Crippen molar-refractivity contribution in [1.29, 1.82) is 0 Å². The van der Waals surface area contributed by atoms with Gasteiger partial charge in [-0.2, -0.15) is 0 Å². The first-order valence-electron chi connectivity index (χ1n) is 2.28. The van der Waals surface area contributed by atoms with Crippen molar-refractivity contribution >= 4 is 45.3 Å². The lowest BCUT2D eigenvalue weighted by Crippen LogP contribution is -2.45. The smallest absolute Gasteiger partial charge is 0.272 e. The average Bonchev–Trinajstić information content (AvgIpc) is 1.85. The van der Waals surface area contributed by atoms with Gasteiger partial charge in [0.15, 0.2) is 6.10 Å². The van der Waals surface area contributed by atoms with E-state index in [1.807, 2.05) is 0 Å². The third kappa shape index (κ3) is 2.57. The zero-order valence-corrected chi connectivity index (χ0v) is 7.19. The highest BCUT2D eigenvalue weighted by Gasteiger charge is 2.44. The molecule has 0 radical (unpaired) electrons. The Labute approximate surface area is 76.7 Å². The van der Waals surface area contributed by atoms with Gasteiger partial charge in [-0.25, -0.2) is 0 Å². The van der Waals surface area contributed by atoms with Gasteiger partial charge in [-0.3, -0.25) is 9.59 Å². The molecule has 0 aromatic heterocycles. The lowest BCUT2D eigenvalue weighted by Gasteiger charge is -2.18. The van der Waals surface area contributed by atoms with E-state index in [9.17, 15) is 9.59 Å². The normalized spacial score (nSPS) is 18.6. The van der Waals surface area contributed by atoms with Crippen molar-refractivity contribution in [3.63, 3.8) is 0 Å². The molecule has 2 atom stereocenters. The van der Waals surface area contributed by atoms with Crippen LogP contribution in [0.1, 0.15) is 0 Å². The Morgan fingerprint density at radius 1 is 1.36 bits per heavy atom. The van der Waals surface area contributed by atoms with Crippen LogP contribution in [-0.4, -0.2) is 31.9 Å². The Hall–Kier alpha value is 0.130. The molecule has 0 amide bonds. The standard InChI is InChI=1S/C4H3Cl3O4/c5-2(9)1(8)4(7,11)3(6)10/h1,8,11H. The van der Waals surface area contributed by atoms with Crippen LogP contribution in [0, 0.1) is 0 Å². The van der Waals surface area contributed by atoms with Gasteiger partial charge in [0.1, 0.15) is 0 Å². The molecule has 0 bridgehead atoms. The summed E-state index contributed by atoms with van der Waals surface area (Å²) in [6.45, 7) is 0. The largest absolute Gasteiger partial charge is 0.379 e. The fourth-order valence-corrected chi connectivity index (χ4v) is 0.674. The van der Waals surface area contributed by atoms with Gasteiger partial charge >= 0.3 is 0 Å². The highest BCUT2D eigenvalue weighted by Crippen LogP contribution is 2.21. The molecular formula is C4H3Cl3O4. The molecule has 0 aliphatic heterocycles. The number of hydrogen-bond donors (Lipinski definition) is 2. The van der Waals surface area contributed by atoms with Crippen molar-refractivity contribution in [3.05, 3.63) is 0 Å². The van der Waals surface area contributed by atoms with E-state index < -0.39 is 21.6 Å². The summed E-state index contributed by atoms with van der Waals surface area (Å²) in [7, 11) is 0. The number of carbonyl (C=O) groups excluding carboxylic acids is 2. The maximum Gasteiger partial charge on any atom is 0.272 e. The number of alkyl halides is 1. The van der Waals surface area contributed by atoms with Crippen molar-refractivity contribution in [3.8, 4) is 0 Å². The second-order valence-electron chi connectivity index (χ2n) is 1.65. The third-order valence-electron chi connectivity index (χ3n) is 0.853. The zero-order chi connectivity index (χ0) is 9.23. The van der Waals surface area contributed by atoms with E-state index in [2.05, 4.69) is 0 Å². The summed E-state index contributed by atoms with van der Waals surface area (Å²) in [5, 5.41) is 11.7. The Morgan fingerprint density at radius 2 is 1.73 bits per heavy atom. The van der Waals surface area contributed by atoms with Gasteiger partial charge in [-0.1, -0.05) is 11.6 Å². The minimum Gasteiger partial charge on any atom is -0.379 e. The molecule has 0 fully saturated rings. The Balaban J connectivity index is 4.55. The molecule has 0 rings (SSSR count). The molecule has 0 heterocycles. The minimum atomic E-state index is -2.85. The molecule has 0 aliphatic rings.